The summed E-state index contributed by atoms with van der Waals surface area (Å²) in [6.45, 7) is 3.24. The predicted molar refractivity (Wildman–Crippen MR) is 84.6 cm³/mol. The van der Waals surface area contributed by atoms with Gasteiger partial charge < -0.3 is 10.0 Å². The summed E-state index contributed by atoms with van der Waals surface area (Å²) in [5, 5.41) is 8.59. The molecule has 7 heteroatoms. The number of nitrogens with zero attached hydrogens (tertiary/aromatic N) is 1. The summed E-state index contributed by atoms with van der Waals surface area (Å²) < 4.78 is 25.1. The molecule has 6 nitrogen and oxygen atoms in total. The van der Waals surface area contributed by atoms with E-state index in [9.17, 15) is 18.0 Å². The van der Waals surface area contributed by atoms with Crippen LogP contribution < -0.4 is 0 Å². The van der Waals surface area contributed by atoms with Crippen LogP contribution in [-0.2, 0) is 19.4 Å². The Labute approximate surface area is 136 Å². The van der Waals surface area contributed by atoms with Crippen LogP contribution >= 0.6 is 0 Å². The third kappa shape index (κ3) is 3.39. The minimum Gasteiger partial charge on any atom is -0.480 e. The average molecular weight is 339 g/mol. The number of rotatable bonds is 4. The highest BCUT2D eigenvalue weighted by molar-refractivity contribution is 7.92. The lowest BCUT2D eigenvalue weighted by molar-refractivity contribution is -0.158. The number of hydrogen-bond donors (Lipinski definition) is 1. The zero-order valence-corrected chi connectivity index (χ0v) is 14.0. The van der Waals surface area contributed by atoms with E-state index in [4.69, 9.17) is 5.11 Å². The molecule has 0 radical (unpaired) electrons. The summed E-state index contributed by atoms with van der Waals surface area (Å²) in [5.74, 6) is -1.65. The molecule has 1 aromatic rings. The molecule has 1 N–H and O–H groups in total. The Balaban J connectivity index is 2.07. The van der Waals surface area contributed by atoms with Gasteiger partial charge in [-0.15, -0.1) is 0 Å². The van der Waals surface area contributed by atoms with Gasteiger partial charge in [-0.3, -0.25) is 9.59 Å². The molecule has 1 saturated heterocycles. The van der Waals surface area contributed by atoms with Crippen molar-refractivity contribution in [3.63, 3.8) is 0 Å². The van der Waals surface area contributed by atoms with Crippen molar-refractivity contribution in [2.45, 2.75) is 36.8 Å². The summed E-state index contributed by atoms with van der Waals surface area (Å²) in [6, 6.07) is 8.26. The SMILES string of the molecule is CC(C)(C(=O)O)C(=O)N1CCC(S(=O)(=O)c2ccccc2)CC1. The minimum atomic E-state index is -3.42. The molecule has 0 aromatic heterocycles. The highest BCUT2D eigenvalue weighted by Crippen LogP contribution is 2.27. The minimum absolute atomic E-state index is 0.256. The number of hydrogen-bond acceptors (Lipinski definition) is 4. The maximum absolute atomic E-state index is 12.6. The van der Waals surface area contributed by atoms with Gasteiger partial charge in [0.1, 0.15) is 5.41 Å². The monoisotopic (exact) mass is 339 g/mol. The van der Waals surface area contributed by atoms with E-state index in [1.165, 1.54) is 18.7 Å². The van der Waals surface area contributed by atoms with Crippen molar-refractivity contribution in [2.24, 2.45) is 5.41 Å². The molecule has 1 aliphatic heterocycles. The van der Waals surface area contributed by atoms with Crippen LogP contribution in [0, 0.1) is 5.41 Å². The number of carbonyl (C=O) groups excluding carboxylic acids is 1. The fraction of sp³-hybridized carbons (Fsp3) is 0.500. The molecule has 1 amide bonds. The second-order valence-corrected chi connectivity index (χ2v) is 8.51. The Morgan fingerprint density at radius 2 is 1.65 bits per heavy atom. The molecular weight excluding hydrogens is 318 g/mol. The van der Waals surface area contributed by atoms with Gasteiger partial charge in [-0.25, -0.2) is 8.42 Å². The van der Waals surface area contributed by atoms with E-state index in [2.05, 4.69) is 0 Å². The van der Waals surface area contributed by atoms with Gasteiger partial charge in [0.15, 0.2) is 9.84 Å². The molecule has 1 heterocycles. The molecule has 1 aliphatic rings. The highest BCUT2D eigenvalue weighted by Gasteiger charge is 2.41. The third-order valence-corrected chi connectivity index (χ3v) is 6.59. The van der Waals surface area contributed by atoms with Gasteiger partial charge >= 0.3 is 5.97 Å². The molecule has 0 bridgehead atoms. The number of piperidine rings is 1. The zero-order chi connectivity index (χ0) is 17.3. The van der Waals surface area contributed by atoms with E-state index >= 15 is 0 Å². The fourth-order valence-electron chi connectivity index (χ4n) is 2.66. The molecule has 126 valence electrons. The van der Waals surface area contributed by atoms with Gasteiger partial charge in [-0.05, 0) is 38.8 Å². The van der Waals surface area contributed by atoms with Crippen LogP contribution in [0.1, 0.15) is 26.7 Å². The normalized spacial score (nSPS) is 17.0. The van der Waals surface area contributed by atoms with Gasteiger partial charge in [0, 0.05) is 13.1 Å². The molecule has 1 fully saturated rings. The molecule has 23 heavy (non-hydrogen) atoms. The van der Waals surface area contributed by atoms with Crippen LogP contribution in [-0.4, -0.2) is 48.6 Å². The Bertz CT molecular complexity index is 688. The standard InChI is InChI=1S/C16H21NO5S/c1-16(2,15(19)20)14(18)17-10-8-13(9-11-17)23(21,22)12-6-4-3-5-7-12/h3-7,13H,8-11H2,1-2H3,(H,19,20). The van der Waals surface area contributed by atoms with Gasteiger partial charge in [0.05, 0.1) is 10.1 Å². The molecule has 0 aliphatic carbocycles. The summed E-state index contributed by atoms with van der Waals surface area (Å²) in [7, 11) is -3.42. The van der Waals surface area contributed by atoms with Crippen LogP contribution in [0.2, 0.25) is 0 Å². The summed E-state index contributed by atoms with van der Waals surface area (Å²) in [6.07, 6.45) is 0.636. The number of benzene rings is 1. The first kappa shape index (κ1) is 17.5. The van der Waals surface area contributed by atoms with Gasteiger partial charge in [0.2, 0.25) is 5.91 Å². The van der Waals surface area contributed by atoms with E-state index in [-0.39, 0.29) is 18.0 Å². The average Bonchev–Trinajstić information content (AvgIpc) is 2.55. The molecule has 2 rings (SSSR count). The number of carboxylic acids is 1. The number of likely N-dealkylation sites (tertiary alicyclic amines) is 1. The third-order valence-electron chi connectivity index (χ3n) is 4.31. The summed E-state index contributed by atoms with van der Waals surface area (Å²) in [4.78, 5) is 25.2. The Kier molecular flexibility index (Phi) is 4.79. The summed E-state index contributed by atoms with van der Waals surface area (Å²) >= 11 is 0. The number of aliphatic carboxylic acids is 1. The van der Waals surface area contributed by atoms with E-state index in [0.29, 0.717) is 12.8 Å². The molecule has 0 unspecified atom stereocenters. The van der Waals surface area contributed by atoms with E-state index in [1.54, 1.807) is 30.3 Å². The number of sulfone groups is 1. The lowest BCUT2D eigenvalue weighted by atomic mass is 9.91. The smallest absolute Gasteiger partial charge is 0.318 e. The molecular formula is C16H21NO5S. The maximum Gasteiger partial charge on any atom is 0.318 e. The zero-order valence-electron chi connectivity index (χ0n) is 13.2. The largest absolute Gasteiger partial charge is 0.480 e. The summed E-state index contributed by atoms with van der Waals surface area (Å²) in [5.41, 5.74) is -1.49. The van der Waals surface area contributed by atoms with Gasteiger partial charge in [0.25, 0.3) is 0 Å². The predicted octanol–water partition coefficient (Wildman–Crippen LogP) is 1.56. The van der Waals surface area contributed by atoms with Crippen LogP contribution in [0.3, 0.4) is 0 Å². The van der Waals surface area contributed by atoms with Crippen LogP contribution in [0.15, 0.2) is 35.2 Å². The second kappa shape index (κ2) is 6.31. The van der Waals surface area contributed by atoms with Crippen LogP contribution in [0.25, 0.3) is 0 Å². The van der Waals surface area contributed by atoms with Crippen molar-refractivity contribution in [1.82, 2.24) is 4.90 Å². The maximum atomic E-state index is 12.6. The van der Waals surface area contributed by atoms with Gasteiger partial charge in [-0.1, -0.05) is 18.2 Å². The Hall–Kier alpha value is -1.89. The lowest BCUT2D eigenvalue weighted by Crippen LogP contribution is -2.49. The fourth-order valence-corrected chi connectivity index (χ4v) is 4.41. The number of amides is 1. The van der Waals surface area contributed by atoms with Gasteiger partial charge in [-0.2, -0.15) is 0 Å². The lowest BCUT2D eigenvalue weighted by Gasteiger charge is -2.35. The van der Waals surface area contributed by atoms with Crippen molar-refractivity contribution < 1.29 is 23.1 Å². The van der Waals surface area contributed by atoms with Crippen LogP contribution in [0.5, 0.6) is 0 Å². The van der Waals surface area contributed by atoms with Crippen molar-refractivity contribution in [2.75, 3.05) is 13.1 Å². The van der Waals surface area contributed by atoms with E-state index in [1.807, 2.05) is 0 Å². The van der Waals surface area contributed by atoms with E-state index < -0.39 is 32.4 Å². The first-order chi connectivity index (χ1) is 10.7. The molecule has 0 spiro atoms. The van der Waals surface area contributed by atoms with Crippen LogP contribution in [0.4, 0.5) is 0 Å². The van der Waals surface area contributed by atoms with Crippen molar-refractivity contribution in [3.05, 3.63) is 30.3 Å². The quantitative estimate of drug-likeness (QED) is 0.841. The molecule has 1 aromatic carbocycles. The Morgan fingerprint density at radius 1 is 1.13 bits per heavy atom. The van der Waals surface area contributed by atoms with Crippen molar-refractivity contribution >= 4 is 21.7 Å². The molecule has 0 saturated carbocycles. The second-order valence-electron chi connectivity index (χ2n) is 6.28. The Morgan fingerprint density at radius 3 is 2.13 bits per heavy atom. The van der Waals surface area contributed by atoms with E-state index in [0.717, 1.165) is 0 Å². The van der Waals surface area contributed by atoms with Crippen molar-refractivity contribution in [1.29, 1.82) is 0 Å². The number of carboxylic acid groups (broad SMARTS) is 1. The topological polar surface area (TPSA) is 91.8 Å². The number of carbonyl (C=O) groups is 2. The first-order valence-corrected chi connectivity index (χ1v) is 9.03. The first-order valence-electron chi connectivity index (χ1n) is 7.49. The van der Waals surface area contributed by atoms with Crippen molar-refractivity contribution in [3.8, 4) is 0 Å². The molecule has 0 atom stereocenters. The highest BCUT2D eigenvalue weighted by atomic mass is 32.2.